The van der Waals surface area contributed by atoms with Gasteiger partial charge in [0.25, 0.3) is 0 Å². The highest BCUT2D eigenvalue weighted by atomic mass is 79.9. The zero-order chi connectivity index (χ0) is 16.8. The maximum absolute atomic E-state index is 5.77. The molecule has 2 aromatic carbocycles. The second-order valence-electron chi connectivity index (χ2n) is 5.77. The summed E-state index contributed by atoms with van der Waals surface area (Å²) in [5.74, 6) is 1.80. The lowest BCUT2D eigenvalue weighted by Gasteiger charge is -2.18. The molecule has 0 fully saturated rings. The Balaban J connectivity index is 1.77. The second kappa shape index (κ2) is 8.15. The van der Waals surface area contributed by atoms with E-state index in [1.54, 1.807) is 12.4 Å². The summed E-state index contributed by atoms with van der Waals surface area (Å²) in [6, 6.07) is 16.9. The summed E-state index contributed by atoms with van der Waals surface area (Å²) < 4.78 is 6.88. The van der Waals surface area contributed by atoms with Crippen LogP contribution < -0.4 is 10.1 Å². The van der Waals surface area contributed by atoms with Gasteiger partial charge in [0, 0.05) is 16.6 Å². The molecular formula is C20H21BrN2O. The fourth-order valence-corrected chi connectivity index (χ4v) is 3.09. The third kappa shape index (κ3) is 4.26. The minimum Gasteiger partial charge on any atom is -0.438 e. The summed E-state index contributed by atoms with van der Waals surface area (Å²) in [6.45, 7) is 2.97. The quantitative estimate of drug-likeness (QED) is 0.739. The van der Waals surface area contributed by atoms with Gasteiger partial charge in [-0.1, -0.05) is 53.5 Å². The lowest BCUT2D eigenvalue weighted by atomic mass is 9.88. The first kappa shape index (κ1) is 16.8. The summed E-state index contributed by atoms with van der Waals surface area (Å²) in [4.78, 5) is 4.21. The Morgan fingerprint density at radius 1 is 1.08 bits per heavy atom. The Morgan fingerprint density at radius 3 is 2.33 bits per heavy atom. The number of nitrogens with zero attached hydrogens (tertiary/aromatic N) is 1. The smallest absolute Gasteiger partial charge is 0.234 e. The molecule has 1 aliphatic rings. The van der Waals surface area contributed by atoms with Gasteiger partial charge in [-0.25, -0.2) is 4.99 Å². The number of ether oxygens (including phenoxy) is 1. The molecule has 2 aromatic rings. The van der Waals surface area contributed by atoms with E-state index >= 15 is 0 Å². The van der Waals surface area contributed by atoms with Crippen LogP contribution in [0.3, 0.4) is 0 Å². The van der Waals surface area contributed by atoms with Crippen LogP contribution in [-0.4, -0.2) is 12.8 Å². The van der Waals surface area contributed by atoms with E-state index in [-0.39, 0.29) is 0 Å². The SMILES string of the molecule is CCCC(c1ccc(Br)cc1)c1ccc(OC2=CNCC=N2)cc1. The predicted molar refractivity (Wildman–Crippen MR) is 103 cm³/mol. The monoisotopic (exact) mass is 384 g/mol. The number of aliphatic imine (C=N–C) groups is 1. The first-order chi connectivity index (χ1) is 11.8. The third-order valence-corrected chi connectivity index (χ3v) is 4.54. The van der Waals surface area contributed by atoms with E-state index in [1.807, 2.05) is 12.1 Å². The number of nitrogens with one attached hydrogen (secondary N) is 1. The van der Waals surface area contributed by atoms with E-state index in [0.29, 0.717) is 11.8 Å². The molecule has 1 aliphatic heterocycles. The van der Waals surface area contributed by atoms with Crippen LogP contribution in [-0.2, 0) is 0 Å². The maximum atomic E-state index is 5.77. The van der Waals surface area contributed by atoms with Gasteiger partial charge in [-0.3, -0.25) is 0 Å². The standard InChI is InChI=1S/C20H21BrN2O/c1-2-3-19(15-4-8-17(21)9-5-15)16-6-10-18(11-7-16)24-20-14-22-12-13-23-20/h4-11,13-14,19,22H,2-3,12H2,1H3. The van der Waals surface area contributed by atoms with Crippen molar-refractivity contribution in [2.75, 3.05) is 6.54 Å². The van der Waals surface area contributed by atoms with Crippen LogP contribution in [0.1, 0.15) is 36.8 Å². The van der Waals surface area contributed by atoms with Gasteiger partial charge < -0.3 is 10.1 Å². The van der Waals surface area contributed by atoms with Gasteiger partial charge in [0.2, 0.25) is 5.88 Å². The van der Waals surface area contributed by atoms with E-state index in [1.165, 1.54) is 11.1 Å². The van der Waals surface area contributed by atoms with Crippen LogP contribution in [0.4, 0.5) is 0 Å². The Bertz CT molecular complexity index is 720. The summed E-state index contributed by atoms with van der Waals surface area (Å²) in [7, 11) is 0. The van der Waals surface area contributed by atoms with Crippen LogP contribution >= 0.6 is 15.9 Å². The minimum atomic E-state index is 0.408. The topological polar surface area (TPSA) is 33.6 Å². The number of hydrogen-bond donors (Lipinski definition) is 1. The van der Waals surface area contributed by atoms with Crippen molar-refractivity contribution in [3.63, 3.8) is 0 Å². The third-order valence-electron chi connectivity index (χ3n) is 4.01. The lowest BCUT2D eigenvalue weighted by Crippen LogP contribution is -2.15. The average Bonchev–Trinajstić information content (AvgIpc) is 2.62. The molecule has 1 atom stereocenters. The molecule has 0 saturated carbocycles. The zero-order valence-corrected chi connectivity index (χ0v) is 15.3. The molecule has 1 N–H and O–H groups in total. The van der Waals surface area contributed by atoms with Crippen LogP contribution in [0.25, 0.3) is 0 Å². The van der Waals surface area contributed by atoms with Gasteiger partial charge >= 0.3 is 0 Å². The molecule has 124 valence electrons. The second-order valence-corrected chi connectivity index (χ2v) is 6.68. The summed E-state index contributed by atoms with van der Waals surface area (Å²) in [5.41, 5.74) is 2.66. The van der Waals surface area contributed by atoms with Gasteiger partial charge in [-0.15, -0.1) is 0 Å². The van der Waals surface area contributed by atoms with E-state index in [4.69, 9.17) is 4.74 Å². The van der Waals surface area contributed by atoms with Crippen LogP contribution in [0.15, 0.2) is 70.1 Å². The lowest BCUT2D eigenvalue weighted by molar-refractivity contribution is 0.414. The molecular weight excluding hydrogens is 364 g/mol. The molecule has 0 aliphatic carbocycles. The number of hydrogen-bond acceptors (Lipinski definition) is 3. The van der Waals surface area contributed by atoms with Gasteiger partial charge in [0.05, 0.1) is 12.7 Å². The van der Waals surface area contributed by atoms with Crippen molar-refractivity contribution >= 4 is 22.1 Å². The Labute approximate surface area is 151 Å². The van der Waals surface area contributed by atoms with Crippen molar-refractivity contribution in [1.29, 1.82) is 0 Å². The van der Waals surface area contributed by atoms with Gasteiger partial charge in [0.1, 0.15) is 5.75 Å². The summed E-state index contributed by atoms with van der Waals surface area (Å²) in [5, 5.41) is 3.09. The normalized spacial score (nSPS) is 14.7. The van der Waals surface area contributed by atoms with Crippen LogP contribution in [0, 0.1) is 0 Å². The molecule has 0 saturated heterocycles. The molecule has 0 bridgehead atoms. The fourth-order valence-electron chi connectivity index (χ4n) is 2.83. The molecule has 0 radical (unpaired) electrons. The van der Waals surface area contributed by atoms with Crippen molar-refractivity contribution < 1.29 is 4.74 Å². The first-order valence-electron chi connectivity index (χ1n) is 8.25. The van der Waals surface area contributed by atoms with Gasteiger partial charge in [0.15, 0.2) is 0 Å². The van der Waals surface area contributed by atoms with Crippen molar-refractivity contribution in [1.82, 2.24) is 5.32 Å². The van der Waals surface area contributed by atoms with Crippen LogP contribution in [0.5, 0.6) is 5.75 Å². The number of rotatable bonds is 6. The van der Waals surface area contributed by atoms with E-state index in [0.717, 1.165) is 29.6 Å². The predicted octanol–water partition coefficient (Wildman–Crippen LogP) is 5.23. The Hall–Kier alpha value is -2.07. The molecule has 3 rings (SSSR count). The van der Waals surface area contributed by atoms with E-state index in [9.17, 15) is 0 Å². The van der Waals surface area contributed by atoms with E-state index < -0.39 is 0 Å². The number of halogens is 1. The maximum Gasteiger partial charge on any atom is 0.234 e. The number of benzene rings is 2. The molecule has 1 heterocycles. The van der Waals surface area contributed by atoms with Crippen molar-refractivity contribution in [3.05, 3.63) is 76.2 Å². The van der Waals surface area contributed by atoms with Crippen molar-refractivity contribution in [3.8, 4) is 5.75 Å². The largest absolute Gasteiger partial charge is 0.438 e. The van der Waals surface area contributed by atoms with Gasteiger partial charge in [-0.2, -0.15) is 0 Å². The Kier molecular flexibility index (Phi) is 5.70. The molecule has 0 spiro atoms. The highest BCUT2D eigenvalue weighted by Crippen LogP contribution is 2.31. The Morgan fingerprint density at radius 2 is 1.75 bits per heavy atom. The fraction of sp³-hybridized carbons (Fsp3) is 0.250. The van der Waals surface area contributed by atoms with E-state index in [2.05, 4.69) is 69.6 Å². The minimum absolute atomic E-state index is 0.408. The zero-order valence-electron chi connectivity index (χ0n) is 13.7. The summed E-state index contributed by atoms with van der Waals surface area (Å²) >= 11 is 3.51. The molecule has 4 heteroatoms. The molecule has 0 aromatic heterocycles. The van der Waals surface area contributed by atoms with Crippen LogP contribution in [0.2, 0.25) is 0 Å². The highest BCUT2D eigenvalue weighted by Gasteiger charge is 2.13. The van der Waals surface area contributed by atoms with Gasteiger partial charge in [-0.05, 0) is 41.8 Å². The molecule has 3 nitrogen and oxygen atoms in total. The van der Waals surface area contributed by atoms with Crippen molar-refractivity contribution in [2.45, 2.75) is 25.7 Å². The molecule has 24 heavy (non-hydrogen) atoms. The average molecular weight is 385 g/mol. The first-order valence-corrected chi connectivity index (χ1v) is 9.05. The summed E-state index contributed by atoms with van der Waals surface area (Å²) in [6.07, 6.45) is 5.86. The molecule has 1 unspecified atom stereocenters. The molecule has 0 amide bonds. The highest BCUT2D eigenvalue weighted by molar-refractivity contribution is 9.10. The van der Waals surface area contributed by atoms with Crippen molar-refractivity contribution in [2.24, 2.45) is 4.99 Å².